The van der Waals surface area contributed by atoms with Crippen LogP contribution in [0.25, 0.3) is 16.9 Å². The molecule has 2 aromatic heterocycles. The normalized spacial score (nSPS) is 11.7. The fraction of sp³-hybridized carbons (Fsp3) is 0.136. The lowest BCUT2D eigenvalue weighted by Gasteiger charge is -2.12. The Bertz CT molecular complexity index is 1300. The van der Waals surface area contributed by atoms with Crippen LogP contribution < -0.4 is 5.32 Å². The number of nitrogens with zero attached hydrogens (tertiary/aromatic N) is 3. The molecule has 0 bridgehead atoms. The summed E-state index contributed by atoms with van der Waals surface area (Å²) >= 11 is 6.22. The maximum Gasteiger partial charge on any atom is 0.433 e. The van der Waals surface area contributed by atoms with E-state index in [-0.39, 0.29) is 16.9 Å². The van der Waals surface area contributed by atoms with E-state index in [1.54, 1.807) is 49.4 Å². The topological polar surface area (TPSA) is 59.3 Å². The van der Waals surface area contributed by atoms with E-state index < -0.39 is 17.8 Å². The van der Waals surface area contributed by atoms with Gasteiger partial charge in [0.2, 0.25) is 0 Å². The minimum Gasteiger partial charge on any atom is -0.320 e. The third-order valence-corrected chi connectivity index (χ3v) is 5.30. The summed E-state index contributed by atoms with van der Waals surface area (Å²) in [6.45, 7) is 3.65. The molecule has 1 N–H and O–H groups in total. The molecule has 158 valence electrons. The molecule has 4 rings (SSSR count). The Kier molecular flexibility index (Phi) is 5.18. The predicted octanol–water partition coefficient (Wildman–Crippen LogP) is 5.94. The Morgan fingerprint density at radius 2 is 1.81 bits per heavy atom. The lowest BCUT2D eigenvalue weighted by molar-refractivity contribution is -0.142. The standard InChI is InChI=1S/C22H16ClF3N4O/c1-12-6-8-14(9-7-12)17-10-18(22(24,25)26)30-20(28-17)15(11-27-30)21(31)29-16-5-3-4-13(2)19(16)23/h3-11H,1-2H3,(H,29,31). The van der Waals surface area contributed by atoms with Gasteiger partial charge >= 0.3 is 6.18 Å². The molecule has 31 heavy (non-hydrogen) atoms. The Morgan fingerprint density at radius 1 is 1.10 bits per heavy atom. The van der Waals surface area contributed by atoms with Gasteiger partial charge in [0, 0.05) is 5.56 Å². The second-order valence-corrected chi connectivity index (χ2v) is 7.45. The van der Waals surface area contributed by atoms with Crippen molar-refractivity contribution in [2.45, 2.75) is 20.0 Å². The molecule has 0 unspecified atom stereocenters. The van der Waals surface area contributed by atoms with Crippen molar-refractivity contribution in [3.63, 3.8) is 0 Å². The highest BCUT2D eigenvalue weighted by Crippen LogP contribution is 2.33. The third-order valence-electron chi connectivity index (χ3n) is 4.79. The highest BCUT2D eigenvalue weighted by atomic mass is 35.5. The number of carbonyl (C=O) groups is 1. The van der Waals surface area contributed by atoms with Gasteiger partial charge < -0.3 is 5.32 Å². The van der Waals surface area contributed by atoms with Crippen molar-refractivity contribution in [3.05, 3.63) is 82.1 Å². The fourth-order valence-corrected chi connectivity index (χ4v) is 3.30. The van der Waals surface area contributed by atoms with Crippen molar-refractivity contribution in [2.24, 2.45) is 0 Å². The summed E-state index contributed by atoms with van der Waals surface area (Å²) in [7, 11) is 0. The molecule has 2 aromatic carbocycles. The van der Waals surface area contributed by atoms with Crippen LogP contribution in [0.1, 0.15) is 27.2 Å². The lowest BCUT2D eigenvalue weighted by Crippen LogP contribution is -2.16. The third kappa shape index (κ3) is 3.98. The molecule has 0 aliphatic heterocycles. The zero-order valence-corrected chi connectivity index (χ0v) is 17.2. The number of alkyl halides is 3. The van der Waals surface area contributed by atoms with Gasteiger partial charge in [-0.25, -0.2) is 9.50 Å². The quantitative estimate of drug-likeness (QED) is 0.425. The van der Waals surface area contributed by atoms with Crippen LogP contribution in [0.15, 0.2) is 54.7 Å². The van der Waals surface area contributed by atoms with Crippen molar-refractivity contribution in [1.82, 2.24) is 14.6 Å². The molecular formula is C22H16ClF3N4O. The van der Waals surface area contributed by atoms with Crippen molar-refractivity contribution in [3.8, 4) is 11.3 Å². The number of fused-ring (bicyclic) bond motifs is 1. The molecule has 0 aliphatic carbocycles. The van der Waals surface area contributed by atoms with E-state index in [9.17, 15) is 18.0 Å². The largest absolute Gasteiger partial charge is 0.433 e. The number of hydrogen-bond acceptors (Lipinski definition) is 3. The van der Waals surface area contributed by atoms with Crippen LogP contribution in [-0.2, 0) is 6.18 Å². The number of aromatic nitrogens is 3. The van der Waals surface area contributed by atoms with Crippen LogP contribution in [0.2, 0.25) is 5.02 Å². The van der Waals surface area contributed by atoms with Crippen LogP contribution in [0.5, 0.6) is 0 Å². The highest BCUT2D eigenvalue weighted by molar-refractivity contribution is 6.34. The molecule has 0 aliphatic rings. The molecule has 0 atom stereocenters. The number of benzene rings is 2. The van der Waals surface area contributed by atoms with Gasteiger partial charge in [0.15, 0.2) is 11.3 Å². The highest BCUT2D eigenvalue weighted by Gasteiger charge is 2.36. The molecule has 0 saturated heterocycles. The first kappa shape index (κ1) is 20.9. The maximum absolute atomic E-state index is 13.7. The summed E-state index contributed by atoms with van der Waals surface area (Å²) in [6.07, 6.45) is -3.63. The molecule has 0 saturated carbocycles. The molecule has 4 aromatic rings. The first-order valence-electron chi connectivity index (χ1n) is 9.24. The molecule has 5 nitrogen and oxygen atoms in total. The Morgan fingerprint density at radius 3 is 2.48 bits per heavy atom. The van der Waals surface area contributed by atoms with Crippen LogP contribution >= 0.6 is 11.6 Å². The minimum absolute atomic E-state index is 0.0861. The average Bonchev–Trinajstić information content (AvgIpc) is 3.14. The monoisotopic (exact) mass is 444 g/mol. The van der Waals surface area contributed by atoms with Gasteiger partial charge in [0.25, 0.3) is 5.91 Å². The smallest absolute Gasteiger partial charge is 0.320 e. The molecule has 9 heteroatoms. The number of rotatable bonds is 3. The molecular weight excluding hydrogens is 429 g/mol. The predicted molar refractivity (Wildman–Crippen MR) is 112 cm³/mol. The van der Waals surface area contributed by atoms with Crippen molar-refractivity contribution in [2.75, 3.05) is 5.32 Å². The Balaban J connectivity index is 1.85. The number of halogens is 4. The average molecular weight is 445 g/mol. The SMILES string of the molecule is Cc1ccc(-c2cc(C(F)(F)F)n3ncc(C(=O)Nc4cccc(C)c4Cl)c3n2)cc1. The molecule has 2 heterocycles. The van der Waals surface area contributed by atoms with E-state index in [2.05, 4.69) is 15.4 Å². The van der Waals surface area contributed by atoms with Gasteiger partial charge in [-0.3, -0.25) is 4.79 Å². The number of anilines is 1. The van der Waals surface area contributed by atoms with E-state index in [0.29, 0.717) is 20.8 Å². The Labute approximate surface area is 180 Å². The van der Waals surface area contributed by atoms with E-state index in [4.69, 9.17) is 11.6 Å². The zero-order valence-electron chi connectivity index (χ0n) is 16.5. The van der Waals surface area contributed by atoms with Crippen molar-refractivity contribution < 1.29 is 18.0 Å². The molecule has 0 radical (unpaired) electrons. The molecule has 1 amide bonds. The summed E-state index contributed by atoms with van der Waals surface area (Å²) < 4.78 is 41.8. The van der Waals surface area contributed by atoms with Gasteiger partial charge in [-0.2, -0.15) is 18.3 Å². The second kappa shape index (κ2) is 7.70. The zero-order chi connectivity index (χ0) is 22.3. The number of hydrogen-bond donors (Lipinski definition) is 1. The minimum atomic E-state index is -4.69. The first-order chi connectivity index (χ1) is 14.6. The van der Waals surface area contributed by atoms with Crippen LogP contribution in [-0.4, -0.2) is 20.5 Å². The van der Waals surface area contributed by atoms with Crippen molar-refractivity contribution in [1.29, 1.82) is 0 Å². The van der Waals surface area contributed by atoms with E-state index in [1.807, 2.05) is 6.92 Å². The van der Waals surface area contributed by atoms with Gasteiger partial charge in [-0.1, -0.05) is 53.6 Å². The molecule has 0 fully saturated rings. The van der Waals surface area contributed by atoms with Crippen LogP contribution in [0.4, 0.5) is 18.9 Å². The molecule has 0 spiro atoms. The Hall–Kier alpha value is -3.39. The van der Waals surface area contributed by atoms with Gasteiger partial charge in [-0.05, 0) is 31.5 Å². The van der Waals surface area contributed by atoms with E-state index >= 15 is 0 Å². The summed E-state index contributed by atoms with van der Waals surface area (Å²) in [5.41, 5.74) is 1.30. The summed E-state index contributed by atoms with van der Waals surface area (Å²) in [5.74, 6) is -0.663. The maximum atomic E-state index is 13.7. The summed E-state index contributed by atoms with van der Waals surface area (Å²) in [5, 5.41) is 6.75. The number of nitrogens with one attached hydrogen (secondary N) is 1. The van der Waals surface area contributed by atoms with Gasteiger partial charge in [0.1, 0.15) is 5.56 Å². The van der Waals surface area contributed by atoms with E-state index in [1.165, 1.54) is 0 Å². The summed E-state index contributed by atoms with van der Waals surface area (Å²) in [6, 6.07) is 12.9. The van der Waals surface area contributed by atoms with Gasteiger partial charge in [0.05, 0.1) is 22.6 Å². The fourth-order valence-electron chi connectivity index (χ4n) is 3.13. The lowest BCUT2D eigenvalue weighted by atomic mass is 10.1. The van der Waals surface area contributed by atoms with Gasteiger partial charge in [-0.15, -0.1) is 0 Å². The summed E-state index contributed by atoms with van der Waals surface area (Å²) in [4.78, 5) is 17.2. The van der Waals surface area contributed by atoms with Crippen LogP contribution in [0, 0.1) is 13.8 Å². The number of carbonyl (C=O) groups excluding carboxylic acids is 1. The van der Waals surface area contributed by atoms with Crippen molar-refractivity contribution >= 4 is 28.8 Å². The first-order valence-corrected chi connectivity index (χ1v) is 9.62. The van der Waals surface area contributed by atoms with E-state index in [0.717, 1.165) is 23.4 Å². The second-order valence-electron chi connectivity index (χ2n) is 7.07. The van der Waals surface area contributed by atoms with Crippen LogP contribution in [0.3, 0.4) is 0 Å². The number of amides is 1. The number of aryl methyl sites for hydroxylation is 2.